The maximum atomic E-state index is 4.64. The third kappa shape index (κ3) is 2.06. The van der Waals surface area contributed by atoms with Crippen molar-refractivity contribution in [1.29, 1.82) is 0 Å². The molecule has 0 spiro atoms. The number of nitrogens with one attached hydrogen (secondary N) is 1. The van der Waals surface area contributed by atoms with Crippen LogP contribution in [-0.2, 0) is 5.41 Å². The highest BCUT2D eigenvalue weighted by Crippen LogP contribution is 2.37. The molecule has 0 radical (unpaired) electrons. The Labute approximate surface area is 91.7 Å². The van der Waals surface area contributed by atoms with Gasteiger partial charge in [0.05, 0.1) is 0 Å². The molecule has 0 saturated heterocycles. The van der Waals surface area contributed by atoms with Crippen LogP contribution >= 0.6 is 0 Å². The fraction of sp³-hybridized carbons (Fsp3) is 0.833. The summed E-state index contributed by atoms with van der Waals surface area (Å²) in [7, 11) is 0. The van der Waals surface area contributed by atoms with Crippen molar-refractivity contribution in [2.75, 3.05) is 0 Å². The first-order valence-corrected chi connectivity index (χ1v) is 6.04. The largest absolute Gasteiger partial charge is 0.263 e. The molecule has 1 aliphatic carbocycles. The predicted molar refractivity (Wildman–Crippen MR) is 60.9 cm³/mol. The summed E-state index contributed by atoms with van der Waals surface area (Å²) in [4.78, 5) is 4.64. The van der Waals surface area contributed by atoms with E-state index in [1.54, 1.807) is 0 Å². The van der Waals surface area contributed by atoms with Crippen molar-refractivity contribution in [2.24, 2.45) is 0 Å². The van der Waals surface area contributed by atoms with Gasteiger partial charge in [-0.2, -0.15) is 5.10 Å². The Morgan fingerprint density at radius 1 is 1.20 bits per heavy atom. The zero-order valence-corrected chi connectivity index (χ0v) is 10.0. The number of H-pyrrole nitrogens is 1. The number of aromatic amines is 1. The first kappa shape index (κ1) is 10.7. The van der Waals surface area contributed by atoms with Gasteiger partial charge in [0.2, 0.25) is 0 Å². The van der Waals surface area contributed by atoms with E-state index in [0.29, 0.717) is 5.92 Å². The standard InChI is InChI=1S/C12H21N3/c1-9(2)10-13-11(15-14-10)12(3)7-5-4-6-8-12/h9H,4-8H2,1-3H3,(H,13,14,15). The highest BCUT2D eigenvalue weighted by molar-refractivity contribution is 5.08. The molecule has 1 aliphatic rings. The zero-order valence-electron chi connectivity index (χ0n) is 10.0. The van der Waals surface area contributed by atoms with Crippen LogP contribution in [0.5, 0.6) is 0 Å². The van der Waals surface area contributed by atoms with Crippen LogP contribution < -0.4 is 0 Å². The molecule has 1 N–H and O–H groups in total. The SMILES string of the molecule is CC(C)c1nc(C2(C)CCCCC2)n[nH]1. The van der Waals surface area contributed by atoms with Gasteiger partial charge in [-0.1, -0.05) is 40.0 Å². The van der Waals surface area contributed by atoms with E-state index in [-0.39, 0.29) is 5.41 Å². The minimum Gasteiger partial charge on any atom is -0.263 e. The first-order valence-electron chi connectivity index (χ1n) is 6.04. The molecule has 84 valence electrons. The second-order valence-corrected chi connectivity index (χ2v) is 5.32. The van der Waals surface area contributed by atoms with Gasteiger partial charge in [-0.15, -0.1) is 0 Å². The number of aromatic nitrogens is 3. The third-order valence-electron chi connectivity index (χ3n) is 3.55. The number of hydrogen-bond acceptors (Lipinski definition) is 2. The molecule has 1 aromatic rings. The summed E-state index contributed by atoms with van der Waals surface area (Å²) in [6.07, 6.45) is 6.49. The molecule has 1 saturated carbocycles. The second-order valence-electron chi connectivity index (χ2n) is 5.32. The van der Waals surface area contributed by atoms with Crippen molar-refractivity contribution >= 4 is 0 Å². The van der Waals surface area contributed by atoms with Crippen LogP contribution in [0, 0.1) is 0 Å². The second kappa shape index (κ2) is 3.95. The molecule has 1 aromatic heterocycles. The minimum atomic E-state index is 0.224. The first-order chi connectivity index (χ1) is 7.12. The molecule has 3 nitrogen and oxygen atoms in total. The summed E-state index contributed by atoms with van der Waals surface area (Å²) in [5, 5.41) is 7.46. The molecule has 2 rings (SSSR count). The average molecular weight is 207 g/mol. The van der Waals surface area contributed by atoms with Gasteiger partial charge < -0.3 is 0 Å². The lowest BCUT2D eigenvalue weighted by atomic mass is 9.75. The van der Waals surface area contributed by atoms with Crippen molar-refractivity contribution in [3.05, 3.63) is 11.6 Å². The summed E-state index contributed by atoms with van der Waals surface area (Å²) >= 11 is 0. The fourth-order valence-corrected chi connectivity index (χ4v) is 2.36. The van der Waals surface area contributed by atoms with E-state index in [1.165, 1.54) is 32.1 Å². The topological polar surface area (TPSA) is 41.6 Å². The molecule has 0 aliphatic heterocycles. The van der Waals surface area contributed by atoms with E-state index in [1.807, 2.05) is 0 Å². The monoisotopic (exact) mass is 207 g/mol. The highest BCUT2D eigenvalue weighted by Gasteiger charge is 2.32. The maximum Gasteiger partial charge on any atom is 0.156 e. The van der Waals surface area contributed by atoms with Gasteiger partial charge in [0, 0.05) is 11.3 Å². The summed E-state index contributed by atoms with van der Waals surface area (Å²) in [6.45, 7) is 6.60. The molecule has 1 heterocycles. The Balaban J connectivity index is 2.20. The summed E-state index contributed by atoms with van der Waals surface area (Å²) in [6, 6.07) is 0. The van der Waals surface area contributed by atoms with Crippen LogP contribution in [0.25, 0.3) is 0 Å². The normalized spacial score (nSPS) is 20.8. The Morgan fingerprint density at radius 3 is 2.40 bits per heavy atom. The molecule has 15 heavy (non-hydrogen) atoms. The van der Waals surface area contributed by atoms with Crippen molar-refractivity contribution in [2.45, 2.75) is 64.2 Å². The van der Waals surface area contributed by atoms with Gasteiger partial charge in [-0.05, 0) is 12.8 Å². The third-order valence-corrected chi connectivity index (χ3v) is 3.55. The van der Waals surface area contributed by atoms with Gasteiger partial charge in [-0.3, -0.25) is 5.10 Å². The predicted octanol–water partition coefficient (Wildman–Crippen LogP) is 3.15. The lowest BCUT2D eigenvalue weighted by molar-refractivity contribution is 0.304. The zero-order chi connectivity index (χ0) is 10.9. The number of hydrogen-bond donors (Lipinski definition) is 1. The smallest absolute Gasteiger partial charge is 0.156 e. The molecular weight excluding hydrogens is 186 g/mol. The van der Waals surface area contributed by atoms with E-state index < -0.39 is 0 Å². The Hall–Kier alpha value is -0.860. The van der Waals surface area contributed by atoms with Crippen molar-refractivity contribution in [3.8, 4) is 0 Å². The van der Waals surface area contributed by atoms with Crippen LogP contribution in [-0.4, -0.2) is 15.2 Å². The lowest BCUT2D eigenvalue weighted by Crippen LogP contribution is -2.26. The van der Waals surface area contributed by atoms with Gasteiger partial charge in [0.15, 0.2) is 5.82 Å². The maximum absolute atomic E-state index is 4.64. The van der Waals surface area contributed by atoms with Crippen LogP contribution in [0.3, 0.4) is 0 Å². The summed E-state index contributed by atoms with van der Waals surface area (Å²) in [5.74, 6) is 2.50. The Morgan fingerprint density at radius 2 is 1.87 bits per heavy atom. The van der Waals surface area contributed by atoms with Crippen LogP contribution in [0.4, 0.5) is 0 Å². The van der Waals surface area contributed by atoms with Crippen LogP contribution in [0.1, 0.15) is 70.4 Å². The van der Waals surface area contributed by atoms with Crippen LogP contribution in [0.15, 0.2) is 0 Å². The van der Waals surface area contributed by atoms with Crippen molar-refractivity contribution in [3.63, 3.8) is 0 Å². The molecule has 3 heteroatoms. The number of rotatable bonds is 2. The van der Waals surface area contributed by atoms with Crippen molar-refractivity contribution < 1.29 is 0 Å². The molecule has 1 fully saturated rings. The van der Waals surface area contributed by atoms with Crippen molar-refractivity contribution in [1.82, 2.24) is 15.2 Å². The summed E-state index contributed by atoms with van der Waals surface area (Å²) in [5.41, 5.74) is 0.224. The van der Waals surface area contributed by atoms with E-state index in [4.69, 9.17) is 0 Å². The van der Waals surface area contributed by atoms with E-state index in [2.05, 4.69) is 36.0 Å². The minimum absolute atomic E-state index is 0.224. The van der Waals surface area contributed by atoms with E-state index >= 15 is 0 Å². The fourth-order valence-electron chi connectivity index (χ4n) is 2.36. The molecular formula is C12H21N3. The van der Waals surface area contributed by atoms with Gasteiger partial charge in [0.25, 0.3) is 0 Å². The molecule has 0 bridgehead atoms. The van der Waals surface area contributed by atoms with Crippen LogP contribution in [0.2, 0.25) is 0 Å². The highest BCUT2D eigenvalue weighted by atomic mass is 15.2. The lowest BCUT2D eigenvalue weighted by Gasteiger charge is -2.30. The molecule has 0 aromatic carbocycles. The number of nitrogens with zero attached hydrogens (tertiary/aromatic N) is 2. The van der Waals surface area contributed by atoms with Gasteiger partial charge in [0.1, 0.15) is 5.82 Å². The van der Waals surface area contributed by atoms with E-state index in [0.717, 1.165) is 11.6 Å². The quantitative estimate of drug-likeness (QED) is 0.809. The Kier molecular flexibility index (Phi) is 2.81. The summed E-state index contributed by atoms with van der Waals surface area (Å²) < 4.78 is 0. The molecule has 0 unspecified atom stereocenters. The van der Waals surface area contributed by atoms with E-state index in [9.17, 15) is 0 Å². The molecule has 0 amide bonds. The average Bonchev–Trinajstić information content (AvgIpc) is 2.68. The molecule has 0 atom stereocenters. The Bertz CT molecular complexity index is 321. The van der Waals surface area contributed by atoms with Gasteiger partial charge >= 0.3 is 0 Å². The van der Waals surface area contributed by atoms with Gasteiger partial charge in [-0.25, -0.2) is 4.98 Å².